The second kappa shape index (κ2) is 11.0. The fourth-order valence-electron chi connectivity index (χ4n) is 1.84. The molecule has 8 nitrogen and oxygen atoms in total. The minimum atomic E-state index is -0.651. The Labute approximate surface area is 154 Å². The van der Waals surface area contributed by atoms with Crippen LogP contribution in [0.3, 0.4) is 0 Å². The maximum atomic E-state index is 11.6. The van der Waals surface area contributed by atoms with Gasteiger partial charge < -0.3 is 20.5 Å². The number of carbonyl (C=O) groups excluding carboxylic acids is 2. The molecule has 144 valence electrons. The summed E-state index contributed by atoms with van der Waals surface area (Å²) in [5.74, 6) is 0.00293. The zero-order valence-electron chi connectivity index (χ0n) is 15.6. The van der Waals surface area contributed by atoms with E-state index in [1.807, 2.05) is 51.1 Å². The van der Waals surface area contributed by atoms with Crippen LogP contribution in [0.1, 0.15) is 39.2 Å². The van der Waals surface area contributed by atoms with Crippen LogP contribution in [0.5, 0.6) is 0 Å². The van der Waals surface area contributed by atoms with Gasteiger partial charge in [-0.05, 0) is 39.2 Å². The molecule has 1 rings (SSSR count). The lowest BCUT2D eigenvalue weighted by molar-refractivity contribution is 0.0527. The molecule has 1 aromatic carbocycles. The number of guanidine groups is 1. The number of amides is 2. The molecule has 0 aliphatic carbocycles. The topological polar surface area (TPSA) is 115 Å². The molecule has 1 aromatic rings. The molecule has 0 bridgehead atoms. The third-order valence-corrected chi connectivity index (χ3v) is 2.98. The van der Waals surface area contributed by atoms with Gasteiger partial charge in [0.05, 0.1) is 0 Å². The molecule has 0 radical (unpaired) electrons. The van der Waals surface area contributed by atoms with E-state index in [9.17, 15) is 9.59 Å². The number of nitrogens with zero attached hydrogens (tertiary/aromatic N) is 1. The number of unbranched alkanes of at least 4 members (excludes halogenated alkanes) is 1. The lowest BCUT2D eigenvalue weighted by atomic mass is 10.2. The number of nitrogens with one attached hydrogen (secondary N) is 2. The summed E-state index contributed by atoms with van der Waals surface area (Å²) in [5.41, 5.74) is 6.00. The zero-order valence-corrected chi connectivity index (χ0v) is 15.6. The van der Waals surface area contributed by atoms with Crippen molar-refractivity contribution in [1.82, 2.24) is 10.6 Å². The van der Waals surface area contributed by atoms with E-state index in [1.165, 1.54) is 0 Å². The van der Waals surface area contributed by atoms with Gasteiger partial charge in [-0.25, -0.2) is 9.59 Å². The fraction of sp³-hybridized carbons (Fsp3) is 0.500. The Morgan fingerprint density at radius 3 is 2.46 bits per heavy atom. The van der Waals surface area contributed by atoms with Gasteiger partial charge in [0.15, 0.2) is 5.96 Å². The number of alkyl carbamates (subject to hydrolysis) is 2. The molecule has 8 heteroatoms. The van der Waals surface area contributed by atoms with Crippen molar-refractivity contribution in [2.24, 2.45) is 10.7 Å². The van der Waals surface area contributed by atoms with Gasteiger partial charge in [-0.1, -0.05) is 30.3 Å². The molecule has 0 aromatic heterocycles. The largest absolute Gasteiger partial charge is 0.444 e. The minimum Gasteiger partial charge on any atom is -0.444 e. The first kappa shape index (κ1) is 21.3. The Morgan fingerprint density at radius 2 is 1.81 bits per heavy atom. The minimum absolute atomic E-state index is 0.00293. The lowest BCUT2D eigenvalue weighted by Gasteiger charge is -2.19. The van der Waals surface area contributed by atoms with Gasteiger partial charge in [0.25, 0.3) is 0 Å². The van der Waals surface area contributed by atoms with E-state index in [-0.39, 0.29) is 12.6 Å². The first-order valence-corrected chi connectivity index (χ1v) is 8.51. The average Bonchev–Trinajstić information content (AvgIpc) is 2.55. The molecule has 2 amide bonds. The van der Waals surface area contributed by atoms with Crippen LogP contribution in [0.4, 0.5) is 9.59 Å². The predicted molar refractivity (Wildman–Crippen MR) is 99.7 cm³/mol. The van der Waals surface area contributed by atoms with Gasteiger partial charge >= 0.3 is 12.2 Å². The van der Waals surface area contributed by atoms with Crippen molar-refractivity contribution in [2.75, 3.05) is 13.1 Å². The highest BCUT2D eigenvalue weighted by molar-refractivity contribution is 5.92. The van der Waals surface area contributed by atoms with E-state index in [1.54, 1.807) is 0 Å². The number of hydrogen-bond acceptors (Lipinski definition) is 5. The van der Waals surface area contributed by atoms with Gasteiger partial charge in [0.1, 0.15) is 12.2 Å². The molecule has 0 saturated heterocycles. The second-order valence-electron chi connectivity index (χ2n) is 6.59. The van der Waals surface area contributed by atoms with Crippen LogP contribution in [-0.4, -0.2) is 36.8 Å². The number of nitrogens with two attached hydrogens (primary N) is 1. The monoisotopic (exact) mass is 364 g/mol. The molecule has 0 atom stereocenters. The molecule has 0 saturated carbocycles. The molecular formula is C18H28N4O4. The summed E-state index contributed by atoms with van der Waals surface area (Å²) in [6.07, 6.45) is 0.330. The Bertz CT molecular complexity index is 597. The second-order valence-corrected chi connectivity index (χ2v) is 6.59. The highest BCUT2D eigenvalue weighted by atomic mass is 16.6. The van der Waals surface area contributed by atoms with Crippen molar-refractivity contribution >= 4 is 18.1 Å². The Morgan fingerprint density at radius 1 is 1.12 bits per heavy atom. The Hall–Kier alpha value is -2.77. The van der Waals surface area contributed by atoms with Gasteiger partial charge in [-0.2, -0.15) is 0 Å². The van der Waals surface area contributed by atoms with E-state index in [2.05, 4.69) is 15.6 Å². The number of ether oxygens (including phenoxy) is 2. The molecule has 0 aliphatic heterocycles. The zero-order chi connectivity index (χ0) is 19.4. The third-order valence-electron chi connectivity index (χ3n) is 2.98. The van der Waals surface area contributed by atoms with Crippen LogP contribution in [0.2, 0.25) is 0 Å². The van der Waals surface area contributed by atoms with E-state index >= 15 is 0 Å². The summed E-state index contributed by atoms with van der Waals surface area (Å²) in [6, 6.07) is 9.33. The van der Waals surface area contributed by atoms with Gasteiger partial charge in [0, 0.05) is 13.1 Å². The standard InChI is InChI=1S/C18H28N4O4/c1-18(2,3)26-16(23)21-12-8-7-11-20-15(19)22-17(24)25-13-14-9-5-4-6-10-14/h4-6,9-10H,7-8,11-13H2,1-3H3,(H,21,23)(H3,19,20,22,24). The van der Waals surface area contributed by atoms with Crippen molar-refractivity contribution in [1.29, 1.82) is 0 Å². The van der Waals surface area contributed by atoms with Crippen LogP contribution in [0.15, 0.2) is 35.3 Å². The first-order valence-electron chi connectivity index (χ1n) is 8.51. The van der Waals surface area contributed by atoms with Crippen LogP contribution in [0.25, 0.3) is 0 Å². The summed E-state index contributed by atoms with van der Waals surface area (Å²) < 4.78 is 10.2. The van der Waals surface area contributed by atoms with Crippen molar-refractivity contribution in [3.05, 3.63) is 35.9 Å². The highest BCUT2D eigenvalue weighted by Gasteiger charge is 2.15. The van der Waals surface area contributed by atoms with Crippen molar-refractivity contribution < 1.29 is 19.1 Å². The normalized spacial score (nSPS) is 11.6. The smallest absolute Gasteiger partial charge is 0.414 e. The van der Waals surface area contributed by atoms with Crippen molar-refractivity contribution in [3.63, 3.8) is 0 Å². The predicted octanol–water partition coefficient (Wildman–Crippen LogP) is 2.53. The lowest BCUT2D eigenvalue weighted by Crippen LogP contribution is -2.37. The Kier molecular flexibility index (Phi) is 8.97. The molecule has 0 fully saturated rings. The summed E-state index contributed by atoms with van der Waals surface area (Å²) in [6.45, 7) is 6.50. The molecular weight excluding hydrogens is 336 g/mol. The number of carbonyl (C=O) groups is 2. The van der Waals surface area contributed by atoms with Gasteiger partial charge in [-0.15, -0.1) is 0 Å². The van der Waals surface area contributed by atoms with Gasteiger partial charge in [-0.3, -0.25) is 10.3 Å². The van der Waals surface area contributed by atoms with Crippen LogP contribution >= 0.6 is 0 Å². The van der Waals surface area contributed by atoms with E-state index < -0.39 is 17.8 Å². The summed E-state index contributed by atoms with van der Waals surface area (Å²) >= 11 is 0. The average molecular weight is 364 g/mol. The van der Waals surface area contributed by atoms with Crippen LogP contribution < -0.4 is 16.4 Å². The molecule has 0 aliphatic rings. The fourth-order valence-corrected chi connectivity index (χ4v) is 1.84. The molecule has 0 heterocycles. The molecule has 0 unspecified atom stereocenters. The maximum Gasteiger partial charge on any atom is 0.414 e. The SMILES string of the molecule is CC(C)(C)OC(=O)NCCCCN=C(N)NC(=O)OCc1ccccc1. The number of rotatable bonds is 7. The quantitative estimate of drug-likeness (QED) is 0.391. The summed E-state index contributed by atoms with van der Waals surface area (Å²) in [4.78, 5) is 27.1. The van der Waals surface area contributed by atoms with Crippen molar-refractivity contribution in [3.8, 4) is 0 Å². The van der Waals surface area contributed by atoms with Crippen LogP contribution in [0, 0.1) is 0 Å². The summed E-state index contributed by atoms with van der Waals surface area (Å²) in [7, 11) is 0. The van der Waals surface area contributed by atoms with Crippen molar-refractivity contribution in [2.45, 2.75) is 45.8 Å². The Balaban J connectivity index is 2.12. The highest BCUT2D eigenvalue weighted by Crippen LogP contribution is 2.06. The summed E-state index contributed by atoms with van der Waals surface area (Å²) in [5, 5.41) is 5.02. The van der Waals surface area contributed by atoms with Crippen LogP contribution in [-0.2, 0) is 16.1 Å². The number of aliphatic imine (C=N–C) groups is 1. The first-order chi connectivity index (χ1) is 12.3. The number of hydrogen-bond donors (Lipinski definition) is 3. The number of benzene rings is 1. The molecule has 26 heavy (non-hydrogen) atoms. The van der Waals surface area contributed by atoms with E-state index in [0.29, 0.717) is 25.9 Å². The third kappa shape index (κ3) is 10.9. The van der Waals surface area contributed by atoms with E-state index in [0.717, 1.165) is 5.56 Å². The van der Waals surface area contributed by atoms with E-state index in [4.69, 9.17) is 15.2 Å². The molecule has 0 spiro atoms. The maximum absolute atomic E-state index is 11.6. The molecule has 4 N–H and O–H groups in total. The van der Waals surface area contributed by atoms with Gasteiger partial charge in [0.2, 0.25) is 0 Å².